The number of halogens is 1. The molecular formula is C27H24FNO5. The Balaban J connectivity index is 1.63. The maximum absolute atomic E-state index is 14.2. The molecule has 0 aliphatic rings. The number of phenolic OH excluding ortho intramolecular Hbond substituents is 1. The number of fused-ring (bicyclic) bond motifs is 1. The molecule has 34 heavy (non-hydrogen) atoms. The van der Waals surface area contributed by atoms with E-state index in [9.17, 15) is 19.4 Å². The van der Waals surface area contributed by atoms with Crippen LogP contribution in [-0.4, -0.2) is 29.0 Å². The van der Waals surface area contributed by atoms with Crippen LogP contribution in [0.5, 0.6) is 11.5 Å². The number of para-hydroxylation sites is 1. The molecule has 0 bridgehead atoms. The number of ether oxygens (including phenoxy) is 2. The topological polar surface area (TPSA) is 88.0 Å². The predicted molar refractivity (Wildman–Crippen MR) is 127 cm³/mol. The SMILES string of the molecule is O=C(Nc1cccc2ccccc12)O[C@@H](c1ccc(O)c(F)c1)[C@H](CCO)Oc1ccccc1. The van der Waals surface area contributed by atoms with Gasteiger partial charge in [0.15, 0.2) is 17.7 Å². The van der Waals surface area contributed by atoms with Crippen molar-refractivity contribution < 1.29 is 28.9 Å². The number of aliphatic hydroxyl groups is 1. The molecule has 0 saturated heterocycles. The highest BCUT2D eigenvalue weighted by molar-refractivity contribution is 6.00. The molecule has 3 N–H and O–H groups in total. The number of aliphatic hydroxyl groups excluding tert-OH is 1. The molecule has 4 rings (SSSR count). The van der Waals surface area contributed by atoms with Crippen LogP contribution in [0.1, 0.15) is 18.1 Å². The number of carbonyl (C=O) groups excluding carboxylic acids is 1. The smallest absolute Gasteiger partial charge is 0.412 e. The summed E-state index contributed by atoms with van der Waals surface area (Å²) < 4.78 is 25.9. The maximum Gasteiger partial charge on any atom is 0.412 e. The van der Waals surface area contributed by atoms with Crippen LogP contribution in [0.25, 0.3) is 10.8 Å². The van der Waals surface area contributed by atoms with E-state index in [0.29, 0.717) is 11.4 Å². The third-order valence-corrected chi connectivity index (χ3v) is 5.34. The van der Waals surface area contributed by atoms with E-state index in [2.05, 4.69) is 5.32 Å². The van der Waals surface area contributed by atoms with E-state index < -0.39 is 29.9 Å². The van der Waals surface area contributed by atoms with E-state index in [1.807, 2.05) is 42.5 Å². The number of carbonyl (C=O) groups is 1. The van der Waals surface area contributed by atoms with Gasteiger partial charge in [0.25, 0.3) is 0 Å². The highest BCUT2D eigenvalue weighted by atomic mass is 19.1. The van der Waals surface area contributed by atoms with Crippen molar-refractivity contribution >= 4 is 22.6 Å². The van der Waals surface area contributed by atoms with E-state index in [1.54, 1.807) is 30.3 Å². The van der Waals surface area contributed by atoms with E-state index >= 15 is 0 Å². The lowest BCUT2D eigenvalue weighted by atomic mass is 10.0. The largest absolute Gasteiger partial charge is 0.505 e. The molecule has 0 heterocycles. The van der Waals surface area contributed by atoms with Gasteiger partial charge in [0.05, 0.1) is 5.69 Å². The van der Waals surface area contributed by atoms with Gasteiger partial charge < -0.3 is 19.7 Å². The number of amides is 1. The fourth-order valence-corrected chi connectivity index (χ4v) is 3.72. The summed E-state index contributed by atoms with van der Waals surface area (Å²) in [5.74, 6) is -0.878. The lowest BCUT2D eigenvalue weighted by Gasteiger charge is -2.28. The van der Waals surface area contributed by atoms with Gasteiger partial charge in [-0.05, 0) is 41.3 Å². The minimum absolute atomic E-state index is 0.115. The van der Waals surface area contributed by atoms with Crippen molar-refractivity contribution in [2.24, 2.45) is 0 Å². The highest BCUT2D eigenvalue weighted by Gasteiger charge is 2.30. The summed E-state index contributed by atoms with van der Waals surface area (Å²) in [6.07, 6.45) is -2.55. The Morgan fingerprint density at radius 3 is 2.44 bits per heavy atom. The van der Waals surface area contributed by atoms with Gasteiger partial charge in [-0.2, -0.15) is 0 Å². The summed E-state index contributed by atoms with van der Waals surface area (Å²) in [7, 11) is 0. The van der Waals surface area contributed by atoms with Crippen LogP contribution < -0.4 is 10.1 Å². The first kappa shape index (κ1) is 23.1. The van der Waals surface area contributed by atoms with Gasteiger partial charge in [-0.1, -0.05) is 60.7 Å². The number of hydrogen-bond donors (Lipinski definition) is 3. The normalized spacial score (nSPS) is 12.6. The maximum atomic E-state index is 14.2. The van der Waals surface area contributed by atoms with Gasteiger partial charge in [0.1, 0.15) is 11.9 Å². The second-order valence-electron chi connectivity index (χ2n) is 7.67. The van der Waals surface area contributed by atoms with Crippen molar-refractivity contribution in [3.63, 3.8) is 0 Å². The van der Waals surface area contributed by atoms with E-state index in [1.165, 1.54) is 12.1 Å². The van der Waals surface area contributed by atoms with Crippen LogP contribution in [0.2, 0.25) is 0 Å². The highest BCUT2D eigenvalue weighted by Crippen LogP contribution is 2.31. The fourth-order valence-electron chi connectivity index (χ4n) is 3.72. The van der Waals surface area contributed by atoms with Crippen molar-refractivity contribution in [2.75, 3.05) is 11.9 Å². The molecule has 6 nitrogen and oxygen atoms in total. The molecule has 0 spiro atoms. The molecule has 4 aromatic carbocycles. The molecule has 0 aromatic heterocycles. The minimum atomic E-state index is -1.07. The number of hydrogen-bond acceptors (Lipinski definition) is 5. The molecule has 0 radical (unpaired) electrons. The van der Waals surface area contributed by atoms with Crippen molar-refractivity contribution in [3.8, 4) is 11.5 Å². The van der Waals surface area contributed by atoms with Gasteiger partial charge in [-0.25, -0.2) is 9.18 Å². The lowest BCUT2D eigenvalue weighted by molar-refractivity contribution is 0.00893. The second-order valence-corrected chi connectivity index (χ2v) is 7.67. The van der Waals surface area contributed by atoms with Crippen LogP contribution in [0.3, 0.4) is 0 Å². The zero-order valence-electron chi connectivity index (χ0n) is 18.2. The zero-order chi connectivity index (χ0) is 23.9. The van der Waals surface area contributed by atoms with Gasteiger partial charge in [0, 0.05) is 18.4 Å². The molecule has 0 aliphatic carbocycles. The van der Waals surface area contributed by atoms with Crippen LogP contribution in [0.4, 0.5) is 14.9 Å². The molecule has 0 saturated carbocycles. The summed E-state index contributed by atoms with van der Waals surface area (Å²) in [6, 6.07) is 25.7. The standard InChI is InChI=1S/C27H24FNO5/c28-22-17-19(13-14-24(22)31)26(25(15-16-30)33-20-9-2-1-3-10-20)34-27(32)29-23-12-6-8-18-7-4-5-11-21(18)23/h1-14,17,25-26,30-31H,15-16H2,(H,29,32)/t25-,26-/m0/s1. The third kappa shape index (κ3) is 5.44. The predicted octanol–water partition coefficient (Wildman–Crippen LogP) is 5.80. The Kier molecular flexibility index (Phi) is 7.25. The second kappa shape index (κ2) is 10.7. The summed E-state index contributed by atoms with van der Waals surface area (Å²) in [4.78, 5) is 13.0. The molecule has 1 amide bonds. The van der Waals surface area contributed by atoms with Gasteiger partial charge in [0.2, 0.25) is 0 Å². The number of phenols is 1. The molecule has 0 aliphatic heterocycles. The Bertz CT molecular complexity index is 1260. The van der Waals surface area contributed by atoms with Crippen molar-refractivity contribution in [1.29, 1.82) is 0 Å². The van der Waals surface area contributed by atoms with Crippen LogP contribution in [0.15, 0.2) is 91.0 Å². The third-order valence-electron chi connectivity index (χ3n) is 5.34. The minimum Gasteiger partial charge on any atom is -0.505 e. The number of rotatable bonds is 8. The molecule has 174 valence electrons. The van der Waals surface area contributed by atoms with Crippen molar-refractivity contribution in [1.82, 2.24) is 0 Å². The van der Waals surface area contributed by atoms with Crippen molar-refractivity contribution in [2.45, 2.75) is 18.6 Å². The van der Waals surface area contributed by atoms with E-state index in [-0.39, 0.29) is 18.6 Å². The first-order chi connectivity index (χ1) is 16.5. The average Bonchev–Trinajstić information content (AvgIpc) is 2.85. The summed E-state index contributed by atoms with van der Waals surface area (Å²) in [5.41, 5.74) is 0.833. The molecule has 0 unspecified atom stereocenters. The van der Waals surface area contributed by atoms with Gasteiger partial charge >= 0.3 is 6.09 Å². The monoisotopic (exact) mass is 461 g/mol. The zero-order valence-corrected chi connectivity index (χ0v) is 18.2. The quantitative estimate of drug-likeness (QED) is 0.308. The lowest BCUT2D eigenvalue weighted by Crippen LogP contribution is -2.32. The van der Waals surface area contributed by atoms with Gasteiger partial charge in [-0.15, -0.1) is 0 Å². The number of anilines is 1. The summed E-state index contributed by atoms with van der Waals surface area (Å²) >= 11 is 0. The average molecular weight is 461 g/mol. The summed E-state index contributed by atoms with van der Waals surface area (Å²) in [6.45, 7) is -0.247. The van der Waals surface area contributed by atoms with Crippen LogP contribution >= 0.6 is 0 Å². The van der Waals surface area contributed by atoms with Crippen LogP contribution in [-0.2, 0) is 4.74 Å². The Morgan fingerprint density at radius 2 is 1.68 bits per heavy atom. The molecule has 4 aromatic rings. The fraction of sp³-hybridized carbons (Fsp3) is 0.148. The van der Waals surface area contributed by atoms with Crippen molar-refractivity contribution in [3.05, 3.63) is 102 Å². The number of nitrogens with one attached hydrogen (secondary N) is 1. The Hall–Kier alpha value is -4.10. The number of aromatic hydroxyl groups is 1. The van der Waals surface area contributed by atoms with Crippen LogP contribution in [0, 0.1) is 5.82 Å². The van der Waals surface area contributed by atoms with E-state index in [0.717, 1.165) is 16.8 Å². The Morgan fingerprint density at radius 1 is 0.941 bits per heavy atom. The molecule has 7 heteroatoms. The molecule has 2 atom stereocenters. The number of benzene rings is 4. The summed E-state index contributed by atoms with van der Waals surface area (Å²) in [5, 5.41) is 23.8. The molecular weight excluding hydrogens is 437 g/mol. The first-order valence-corrected chi connectivity index (χ1v) is 10.8. The van der Waals surface area contributed by atoms with E-state index in [4.69, 9.17) is 9.47 Å². The molecule has 0 fully saturated rings. The Labute approximate surface area is 196 Å². The first-order valence-electron chi connectivity index (χ1n) is 10.8. The van der Waals surface area contributed by atoms with Gasteiger partial charge in [-0.3, -0.25) is 5.32 Å².